The Hall–Kier alpha value is -2.54. The molecule has 1 aromatic carbocycles. The van der Waals surface area contributed by atoms with E-state index in [0.717, 1.165) is 33.2 Å². The van der Waals surface area contributed by atoms with Gasteiger partial charge in [0, 0.05) is 35.6 Å². The van der Waals surface area contributed by atoms with Crippen molar-refractivity contribution in [1.29, 1.82) is 0 Å². The SMILES string of the molecule is C=C(Nc1nc(-c2cccc(-c3ccnc(C)c3)c2)cs1)C(N)COC. The van der Waals surface area contributed by atoms with E-state index >= 15 is 0 Å². The molecule has 0 aliphatic rings. The summed E-state index contributed by atoms with van der Waals surface area (Å²) in [4.78, 5) is 8.91. The first-order valence-corrected chi connectivity index (χ1v) is 9.14. The predicted octanol–water partition coefficient (Wildman–Crippen LogP) is 4.08. The minimum atomic E-state index is -0.273. The van der Waals surface area contributed by atoms with Crippen LogP contribution in [0, 0.1) is 6.92 Å². The molecule has 0 aliphatic carbocycles. The number of anilines is 1. The molecule has 134 valence electrons. The summed E-state index contributed by atoms with van der Waals surface area (Å²) in [5.41, 5.74) is 11.9. The highest BCUT2D eigenvalue weighted by atomic mass is 32.1. The first-order valence-electron chi connectivity index (χ1n) is 8.26. The van der Waals surface area contributed by atoms with E-state index in [1.165, 1.54) is 11.3 Å². The summed E-state index contributed by atoms with van der Waals surface area (Å²) in [7, 11) is 1.62. The van der Waals surface area contributed by atoms with Gasteiger partial charge in [-0.25, -0.2) is 4.98 Å². The zero-order valence-electron chi connectivity index (χ0n) is 14.9. The van der Waals surface area contributed by atoms with Gasteiger partial charge in [0.2, 0.25) is 0 Å². The van der Waals surface area contributed by atoms with Crippen molar-refractivity contribution in [2.24, 2.45) is 5.73 Å². The van der Waals surface area contributed by atoms with Gasteiger partial charge in [-0.2, -0.15) is 0 Å². The van der Waals surface area contributed by atoms with Crippen LogP contribution in [0.1, 0.15) is 5.69 Å². The molecule has 0 amide bonds. The molecule has 1 atom stereocenters. The average molecular weight is 366 g/mol. The molecule has 2 aromatic heterocycles. The summed E-state index contributed by atoms with van der Waals surface area (Å²) in [5.74, 6) is 0. The third-order valence-corrected chi connectivity index (χ3v) is 4.71. The lowest BCUT2D eigenvalue weighted by atomic mass is 10.0. The van der Waals surface area contributed by atoms with E-state index in [4.69, 9.17) is 10.5 Å². The number of rotatable bonds is 7. The van der Waals surface area contributed by atoms with Crippen molar-refractivity contribution in [3.63, 3.8) is 0 Å². The minimum absolute atomic E-state index is 0.273. The molecule has 6 heteroatoms. The van der Waals surface area contributed by atoms with E-state index in [1.54, 1.807) is 7.11 Å². The molecule has 0 spiro atoms. The molecule has 26 heavy (non-hydrogen) atoms. The number of nitrogens with zero attached hydrogens (tertiary/aromatic N) is 2. The Morgan fingerprint density at radius 3 is 2.81 bits per heavy atom. The topological polar surface area (TPSA) is 73.1 Å². The van der Waals surface area contributed by atoms with Gasteiger partial charge in [0.25, 0.3) is 0 Å². The molecular weight excluding hydrogens is 344 g/mol. The maximum atomic E-state index is 5.97. The number of hydrogen-bond donors (Lipinski definition) is 2. The van der Waals surface area contributed by atoms with Crippen LogP contribution in [-0.4, -0.2) is 29.7 Å². The maximum Gasteiger partial charge on any atom is 0.187 e. The number of aromatic nitrogens is 2. The highest BCUT2D eigenvalue weighted by Gasteiger charge is 2.11. The van der Waals surface area contributed by atoms with Crippen molar-refractivity contribution in [1.82, 2.24) is 9.97 Å². The van der Waals surface area contributed by atoms with Crippen LogP contribution in [0.15, 0.2) is 60.3 Å². The van der Waals surface area contributed by atoms with Crippen molar-refractivity contribution in [2.45, 2.75) is 13.0 Å². The molecule has 1 unspecified atom stereocenters. The smallest absolute Gasteiger partial charge is 0.187 e. The number of nitrogens with one attached hydrogen (secondary N) is 1. The third kappa shape index (κ3) is 4.35. The fourth-order valence-corrected chi connectivity index (χ4v) is 3.31. The molecule has 0 bridgehead atoms. The second-order valence-electron chi connectivity index (χ2n) is 6.02. The van der Waals surface area contributed by atoms with Gasteiger partial charge in [0.1, 0.15) is 0 Å². The highest BCUT2D eigenvalue weighted by Crippen LogP contribution is 2.29. The monoisotopic (exact) mass is 366 g/mol. The normalized spacial score (nSPS) is 12.0. The lowest BCUT2D eigenvalue weighted by Crippen LogP contribution is -2.30. The Balaban J connectivity index is 1.79. The molecule has 3 N–H and O–H groups in total. The quantitative estimate of drug-likeness (QED) is 0.659. The van der Waals surface area contributed by atoms with Crippen molar-refractivity contribution < 1.29 is 4.74 Å². The first kappa shape index (κ1) is 18.3. The summed E-state index contributed by atoms with van der Waals surface area (Å²) in [5, 5.41) is 5.96. The summed E-state index contributed by atoms with van der Waals surface area (Å²) >= 11 is 1.52. The van der Waals surface area contributed by atoms with Gasteiger partial charge in [-0.3, -0.25) is 4.98 Å². The Morgan fingerprint density at radius 1 is 1.27 bits per heavy atom. The fourth-order valence-electron chi connectivity index (χ4n) is 2.56. The largest absolute Gasteiger partial charge is 0.383 e. The van der Waals surface area contributed by atoms with Crippen molar-refractivity contribution >= 4 is 16.5 Å². The van der Waals surface area contributed by atoms with E-state index < -0.39 is 0 Å². The Kier molecular flexibility index (Phi) is 5.78. The van der Waals surface area contributed by atoms with Gasteiger partial charge >= 0.3 is 0 Å². The maximum absolute atomic E-state index is 5.97. The minimum Gasteiger partial charge on any atom is -0.383 e. The third-order valence-electron chi connectivity index (χ3n) is 3.95. The van der Waals surface area contributed by atoms with Crippen LogP contribution >= 0.6 is 11.3 Å². The number of aryl methyl sites for hydroxylation is 1. The fraction of sp³-hybridized carbons (Fsp3) is 0.200. The number of hydrogen-bond acceptors (Lipinski definition) is 6. The number of benzene rings is 1. The Bertz CT molecular complexity index is 906. The zero-order valence-corrected chi connectivity index (χ0v) is 15.7. The van der Waals surface area contributed by atoms with E-state index in [-0.39, 0.29) is 6.04 Å². The van der Waals surface area contributed by atoms with Gasteiger partial charge in [0.15, 0.2) is 5.13 Å². The number of nitrogens with two attached hydrogens (primary N) is 1. The molecule has 2 heterocycles. The molecule has 0 saturated carbocycles. The predicted molar refractivity (Wildman–Crippen MR) is 108 cm³/mol. The molecular formula is C20H22N4OS. The van der Waals surface area contributed by atoms with Crippen molar-refractivity contribution in [3.8, 4) is 22.4 Å². The van der Waals surface area contributed by atoms with Crippen molar-refractivity contribution in [3.05, 3.63) is 65.9 Å². The first-order chi connectivity index (χ1) is 12.6. The number of pyridine rings is 1. The van der Waals surface area contributed by atoms with Crippen LogP contribution in [0.3, 0.4) is 0 Å². The van der Waals surface area contributed by atoms with Gasteiger partial charge in [-0.05, 0) is 36.2 Å². The van der Waals surface area contributed by atoms with Crippen LogP contribution in [0.25, 0.3) is 22.4 Å². The average Bonchev–Trinajstić information content (AvgIpc) is 3.10. The standard InChI is InChI=1S/C20H22N4OS/c1-13-9-16(7-8-22-13)15-5-4-6-17(10-15)19-12-26-20(24-19)23-14(2)18(21)11-25-3/h4-10,12,18H,2,11,21H2,1,3H3,(H,23,24). The summed E-state index contributed by atoms with van der Waals surface area (Å²) in [6.07, 6.45) is 1.83. The summed E-state index contributed by atoms with van der Waals surface area (Å²) < 4.78 is 5.05. The molecule has 0 fully saturated rings. The van der Waals surface area contributed by atoms with Crippen molar-refractivity contribution in [2.75, 3.05) is 19.0 Å². The molecule has 3 rings (SSSR count). The van der Waals surface area contributed by atoms with E-state index in [0.29, 0.717) is 12.3 Å². The number of methoxy groups -OCH3 is 1. The van der Waals surface area contributed by atoms with E-state index in [2.05, 4.69) is 46.1 Å². The Morgan fingerprint density at radius 2 is 2.04 bits per heavy atom. The lowest BCUT2D eigenvalue weighted by Gasteiger charge is -2.13. The molecule has 0 aliphatic heterocycles. The zero-order chi connectivity index (χ0) is 18.5. The van der Waals surface area contributed by atoms with Crippen LogP contribution in [0.2, 0.25) is 0 Å². The molecule has 0 saturated heterocycles. The number of thiazole rings is 1. The summed E-state index contributed by atoms with van der Waals surface area (Å²) in [6, 6.07) is 12.2. The van der Waals surface area contributed by atoms with Crippen LogP contribution in [0.4, 0.5) is 5.13 Å². The lowest BCUT2D eigenvalue weighted by molar-refractivity contribution is 0.189. The van der Waals surface area contributed by atoms with Gasteiger partial charge in [0.05, 0.1) is 18.3 Å². The van der Waals surface area contributed by atoms with E-state index in [9.17, 15) is 0 Å². The van der Waals surface area contributed by atoms with Gasteiger partial charge in [-0.1, -0.05) is 24.8 Å². The summed E-state index contributed by atoms with van der Waals surface area (Å²) in [6.45, 7) is 6.36. The Labute approximate surface area is 157 Å². The molecule has 5 nitrogen and oxygen atoms in total. The molecule has 0 radical (unpaired) electrons. The highest BCUT2D eigenvalue weighted by molar-refractivity contribution is 7.14. The van der Waals surface area contributed by atoms with Crippen LogP contribution in [-0.2, 0) is 4.74 Å². The van der Waals surface area contributed by atoms with Gasteiger partial charge < -0.3 is 15.8 Å². The van der Waals surface area contributed by atoms with Crippen LogP contribution in [0.5, 0.6) is 0 Å². The number of ether oxygens (including phenoxy) is 1. The van der Waals surface area contributed by atoms with Gasteiger partial charge in [-0.15, -0.1) is 11.3 Å². The van der Waals surface area contributed by atoms with Crippen LogP contribution < -0.4 is 11.1 Å². The second-order valence-corrected chi connectivity index (χ2v) is 6.87. The van der Waals surface area contributed by atoms with E-state index in [1.807, 2.05) is 30.6 Å². The second kappa shape index (κ2) is 8.23. The molecule has 3 aromatic rings.